The summed E-state index contributed by atoms with van der Waals surface area (Å²) in [5.74, 6) is -1.44. The van der Waals surface area contributed by atoms with Crippen LogP contribution in [-0.4, -0.2) is 54.5 Å². The minimum absolute atomic E-state index is 0.00570. The highest BCUT2D eigenvalue weighted by Crippen LogP contribution is 2.35. The van der Waals surface area contributed by atoms with Gasteiger partial charge in [-0.2, -0.15) is 13.2 Å². The Labute approximate surface area is 357 Å². The number of amides is 2. The van der Waals surface area contributed by atoms with Gasteiger partial charge in [0.15, 0.2) is 0 Å². The molecule has 0 aliphatic carbocycles. The number of unbranched alkanes of at least 4 members (excludes halogenated alkanes) is 5. The molecule has 0 aromatic heterocycles. The molecule has 2 amide bonds. The topological polar surface area (TPSA) is 120 Å². The van der Waals surface area contributed by atoms with Crippen LogP contribution in [0.1, 0.15) is 124 Å². The molecule has 0 aliphatic heterocycles. The van der Waals surface area contributed by atoms with Gasteiger partial charge < -0.3 is 29.2 Å². The predicted molar refractivity (Wildman–Crippen MR) is 230 cm³/mol. The molecule has 0 heterocycles. The lowest BCUT2D eigenvalue weighted by Crippen LogP contribution is -2.38. The highest BCUT2D eigenvalue weighted by molar-refractivity contribution is 5.97. The fourth-order valence-corrected chi connectivity index (χ4v) is 5.72. The molecule has 4 aromatic carbocycles. The third kappa shape index (κ3) is 17.7. The molecule has 4 aromatic rings. The van der Waals surface area contributed by atoms with Gasteiger partial charge in [-0.25, -0.2) is 4.79 Å². The van der Waals surface area contributed by atoms with E-state index in [1.165, 1.54) is 80.5 Å². The maximum atomic E-state index is 13.7. The second-order valence-electron chi connectivity index (χ2n) is 15.4. The normalized spacial score (nSPS) is 11.1. The third-order valence-electron chi connectivity index (χ3n) is 9.03. The Morgan fingerprint density at radius 2 is 1.28 bits per heavy atom. The fourth-order valence-electron chi connectivity index (χ4n) is 5.72. The van der Waals surface area contributed by atoms with Crippen LogP contribution in [-0.2, 0) is 33.5 Å². The predicted octanol–water partition coefficient (Wildman–Crippen LogP) is 11.3. The average molecular weight is 849 g/mol. The molecule has 0 saturated heterocycles. The molecule has 0 fully saturated rings. The van der Waals surface area contributed by atoms with Crippen LogP contribution >= 0.6 is 0 Å². The summed E-state index contributed by atoms with van der Waals surface area (Å²) < 4.78 is 62.6. The summed E-state index contributed by atoms with van der Waals surface area (Å²) in [5, 5.41) is 2.56. The number of nitrogens with one attached hydrogen (secondary N) is 1. The molecule has 4 rings (SSSR count). The Morgan fingerprint density at radius 1 is 0.689 bits per heavy atom. The molecular formula is C48H59F3N2O8. The Kier molecular flexibility index (Phi) is 19.8. The maximum Gasteiger partial charge on any atom is 0.416 e. The summed E-state index contributed by atoms with van der Waals surface area (Å²) in [6, 6.07) is 22.4. The van der Waals surface area contributed by atoms with E-state index in [2.05, 4.69) is 26.1 Å². The van der Waals surface area contributed by atoms with E-state index in [1.807, 2.05) is 0 Å². The summed E-state index contributed by atoms with van der Waals surface area (Å²) in [6.45, 7) is 11.9. The molecule has 330 valence electrons. The number of nitrogens with zero attached hydrogens (tertiary/aromatic N) is 1. The van der Waals surface area contributed by atoms with Crippen LogP contribution in [0.15, 0.2) is 91.0 Å². The Balaban J connectivity index is 0.00000237. The smallest absolute Gasteiger partial charge is 0.416 e. The highest BCUT2D eigenvalue weighted by atomic mass is 19.4. The highest BCUT2D eigenvalue weighted by Gasteiger charge is 2.34. The minimum atomic E-state index is -4.69. The van der Waals surface area contributed by atoms with Crippen molar-refractivity contribution in [2.45, 2.75) is 111 Å². The van der Waals surface area contributed by atoms with E-state index in [-0.39, 0.29) is 41.4 Å². The lowest BCUT2D eigenvalue weighted by molar-refractivity contribution is -0.155. The Bertz CT molecular complexity index is 1990. The van der Waals surface area contributed by atoms with Gasteiger partial charge >= 0.3 is 18.1 Å². The Morgan fingerprint density at radius 3 is 1.85 bits per heavy atom. The second-order valence-corrected chi connectivity index (χ2v) is 15.4. The number of alkyl halides is 3. The molecule has 0 saturated carbocycles. The second kappa shape index (κ2) is 24.4. The van der Waals surface area contributed by atoms with Gasteiger partial charge in [-0.15, -0.1) is 0 Å². The van der Waals surface area contributed by atoms with Gasteiger partial charge in [0.2, 0.25) is 5.91 Å². The number of esters is 2. The lowest BCUT2D eigenvalue weighted by atomic mass is 10.0. The van der Waals surface area contributed by atoms with Gasteiger partial charge in [-0.1, -0.05) is 77.5 Å². The van der Waals surface area contributed by atoms with Gasteiger partial charge in [0, 0.05) is 17.8 Å². The van der Waals surface area contributed by atoms with Crippen molar-refractivity contribution >= 4 is 29.4 Å². The Hall–Kier alpha value is -5.85. The van der Waals surface area contributed by atoms with E-state index in [4.69, 9.17) is 18.9 Å². The molecule has 13 heteroatoms. The molecule has 0 spiro atoms. The third-order valence-corrected chi connectivity index (χ3v) is 9.03. The number of carbonyl (C=O) groups is 4. The molecule has 0 bridgehead atoms. The van der Waals surface area contributed by atoms with Crippen LogP contribution in [0.2, 0.25) is 0 Å². The summed E-state index contributed by atoms with van der Waals surface area (Å²) in [5.41, 5.74) is -0.597. The van der Waals surface area contributed by atoms with Crippen molar-refractivity contribution < 1.29 is 51.3 Å². The van der Waals surface area contributed by atoms with Crippen LogP contribution in [0.3, 0.4) is 0 Å². The number of ether oxygens (including phenoxy) is 4. The molecule has 0 atom stereocenters. The van der Waals surface area contributed by atoms with Crippen molar-refractivity contribution in [3.05, 3.63) is 119 Å². The summed E-state index contributed by atoms with van der Waals surface area (Å²) >= 11 is 0. The molecule has 0 unspecified atom stereocenters. The zero-order valence-electron chi connectivity index (χ0n) is 36.3. The average Bonchev–Trinajstić information content (AvgIpc) is 3.22. The maximum absolute atomic E-state index is 13.7. The zero-order chi connectivity index (χ0) is 45.0. The van der Waals surface area contributed by atoms with Crippen LogP contribution in [0.25, 0.3) is 0 Å². The molecule has 61 heavy (non-hydrogen) atoms. The minimum Gasteiger partial charge on any atom is -0.497 e. The van der Waals surface area contributed by atoms with Crippen molar-refractivity contribution in [1.82, 2.24) is 4.90 Å². The number of methoxy groups -OCH3 is 1. The first kappa shape index (κ1) is 49.5. The molecule has 0 aliphatic rings. The van der Waals surface area contributed by atoms with Gasteiger partial charge in [0.25, 0.3) is 5.91 Å². The van der Waals surface area contributed by atoms with Crippen LogP contribution < -0.4 is 19.5 Å². The van der Waals surface area contributed by atoms with E-state index in [0.29, 0.717) is 23.5 Å². The van der Waals surface area contributed by atoms with Crippen LogP contribution in [0, 0.1) is 0 Å². The van der Waals surface area contributed by atoms with E-state index >= 15 is 0 Å². The number of halogens is 3. The van der Waals surface area contributed by atoms with Crippen LogP contribution in [0.4, 0.5) is 18.9 Å². The van der Waals surface area contributed by atoms with Gasteiger partial charge in [-0.3, -0.25) is 14.4 Å². The van der Waals surface area contributed by atoms with Crippen molar-refractivity contribution in [2.75, 3.05) is 25.6 Å². The molecule has 1 N–H and O–H groups in total. The summed E-state index contributed by atoms with van der Waals surface area (Å²) in [4.78, 5) is 53.5. The quantitative estimate of drug-likeness (QED) is 0.0563. The molecule has 0 radical (unpaired) electrons. The number of hydrogen-bond acceptors (Lipinski definition) is 8. The van der Waals surface area contributed by atoms with E-state index < -0.39 is 47.5 Å². The van der Waals surface area contributed by atoms with E-state index in [1.54, 1.807) is 69.3 Å². The number of carbonyl (C=O) groups excluding carboxylic acids is 4. The van der Waals surface area contributed by atoms with Crippen molar-refractivity contribution in [3.63, 3.8) is 0 Å². The standard InChI is InChI=1S/C44H49F3N2O8.C4H10/c1-6-7-8-9-10-25-55-35-22-15-32(16-23-35)42(53)56-36-20-11-30(12-21-36)28-49(29-40(51)57-43(2,3)4)41(52)31-13-18-34(19-14-31)48-39(50)26-33-17-24-37(54-5)27-38(33)44(45,46)47;1-3-4-2/h11-24,27H,6-10,25-26,28-29H2,1-5H3,(H,48,50);3-4H2,1-2H3. The monoisotopic (exact) mass is 848 g/mol. The van der Waals surface area contributed by atoms with Gasteiger partial charge in [0.05, 0.1) is 31.3 Å². The molecular weight excluding hydrogens is 790 g/mol. The number of anilines is 1. The summed E-state index contributed by atoms with van der Waals surface area (Å²) in [6.07, 6.45) is 3.06. The molecule has 10 nitrogen and oxygen atoms in total. The first-order valence-corrected chi connectivity index (χ1v) is 20.6. The number of benzene rings is 4. The first-order valence-electron chi connectivity index (χ1n) is 20.6. The van der Waals surface area contributed by atoms with Crippen LogP contribution in [0.5, 0.6) is 17.2 Å². The largest absolute Gasteiger partial charge is 0.497 e. The number of rotatable bonds is 19. The first-order chi connectivity index (χ1) is 29.0. The zero-order valence-corrected chi connectivity index (χ0v) is 36.3. The summed E-state index contributed by atoms with van der Waals surface area (Å²) in [7, 11) is 1.25. The number of hydrogen-bond donors (Lipinski definition) is 1. The van der Waals surface area contributed by atoms with E-state index in [9.17, 15) is 32.3 Å². The van der Waals surface area contributed by atoms with Crippen molar-refractivity contribution in [2.24, 2.45) is 0 Å². The fraction of sp³-hybridized carbons (Fsp3) is 0.417. The van der Waals surface area contributed by atoms with Gasteiger partial charge in [-0.05, 0) is 111 Å². The SMILES string of the molecule is CCCC.CCCCCCCOc1ccc(C(=O)Oc2ccc(CN(CC(=O)OC(C)(C)C)C(=O)c3ccc(NC(=O)Cc4ccc(OC)cc4C(F)(F)F)cc3)cc2)cc1. The van der Waals surface area contributed by atoms with Crippen molar-refractivity contribution in [1.29, 1.82) is 0 Å². The van der Waals surface area contributed by atoms with Gasteiger partial charge in [0.1, 0.15) is 29.4 Å². The van der Waals surface area contributed by atoms with Crippen molar-refractivity contribution in [3.8, 4) is 17.2 Å². The van der Waals surface area contributed by atoms with E-state index in [0.717, 1.165) is 18.9 Å². The lowest BCUT2D eigenvalue weighted by Gasteiger charge is -2.25.